The summed E-state index contributed by atoms with van der Waals surface area (Å²) in [4.78, 5) is 13.7. The molecular weight excluding hydrogens is 364 g/mol. The van der Waals surface area contributed by atoms with Crippen molar-refractivity contribution in [1.82, 2.24) is 20.5 Å². The molecule has 7 heteroatoms. The third-order valence-electron chi connectivity index (χ3n) is 5.06. The van der Waals surface area contributed by atoms with E-state index in [0.717, 1.165) is 49.3 Å². The second-order valence-electron chi connectivity index (χ2n) is 7.10. The van der Waals surface area contributed by atoms with Crippen molar-refractivity contribution in [2.75, 3.05) is 51.8 Å². The molecule has 0 saturated carbocycles. The van der Waals surface area contributed by atoms with Gasteiger partial charge in [-0.1, -0.05) is 24.3 Å². The Kier molecular flexibility index (Phi) is 7.69. The minimum absolute atomic E-state index is 0.647. The standard InChI is InChI=1S/C22H32N6O/c1-4-29-20-10-6-5-8-18(20)16-25-22(23-2)26-17-19-9-7-11-24-21(19)28-14-12-27(3)13-15-28/h5-11H,4,12-17H2,1-3H3,(H2,23,25,26). The van der Waals surface area contributed by atoms with Crippen molar-refractivity contribution in [2.24, 2.45) is 4.99 Å². The molecule has 1 aromatic heterocycles. The lowest BCUT2D eigenvalue weighted by Gasteiger charge is -2.34. The number of rotatable bonds is 7. The van der Waals surface area contributed by atoms with Crippen LogP contribution in [0.3, 0.4) is 0 Å². The number of ether oxygens (including phenoxy) is 1. The number of guanidine groups is 1. The summed E-state index contributed by atoms with van der Waals surface area (Å²) in [5.74, 6) is 2.72. The number of benzene rings is 1. The lowest BCUT2D eigenvalue weighted by molar-refractivity contribution is 0.312. The number of nitrogens with one attached hydrogen (secondary N) is 2. The predicted molar refractivity (Wildman–Crippen MR) is 119 cm³/mol. The van der Waals surface area contributed by atoms with Crippen LogP contribution in [0.4, 0.5) is 5.82 Å². The van der Waals surface area contributed by atoms with Crippen LogP contribution in [0.15, 0.2) is 47.6 Å². The Balaban J connectivity index is 1.59. The van der Waals surface area contributed by atoms with Crippen LogP contribution in [-0.4, -0.2) is 62.7 Å². The third-order valence-corrected chi connectivity index (χ3v) is 5.06. The molecule has 0 aliphatic carbocycles. The first kappa shape index (κ1) is 20.9. The topological polar surface area (TPSA) is 65.0 Å². The first-order chi connectivity index (χ1) is 14.2. The van der Waals surface area contributed by atoms with E-state index in [9.17, 15) is 0 Å². The van der Waals surface area contributed by atoms with Crippen molar-refractivity contribution >= 4 is 11.8 Å². The van der Waals surface area contributed by atoms with Crippen molar-refractivity contribution < 1.29 is 4.74 Å². The van der Waals surface area contributed by atoms with Crippen molar-refractivity contribution in [3.63, 3.8) is 0 Å². The Labute approximate surface area is 173 Å². The van der Waals surface area contributed by atoms with E-state index in [-0.39, 0.29) is 0 Å². The summed E-state index contributed by atoms with van der Waals surface area (Å²) in [6.07, 6.45) is 1.87. The van der Waals surface area contributed by atoms with E-state index in [2.05, 4.69) is 49.6 Å². The number of anilines is 1. The quantitative estimate of drug-likeness (QED) is 0.552. The summed E-state index contributed by atoms with van der Waals surface area (Å²) in [5, 5.41) is 6.79. The Morgan fingerprint density at radius 2 is 1.72 bits per heavy atom. The van der Waals surface area contributed by atoms with E-state index >= 15 is 0 Å². The summed E-state index contributed by atoms with van der Waals surface area (Å²) in [6.45, 7) is 8.09. The highest BCUT2D eigenvalue weighted by atomic mass is 16.5. The van der Waals surface area contributed by atoms with Gasteiger partial charge >= 0.3 is 0 Å². The monoisotopic (exact) mass is 396 g/mol. The van der Waals surface area contributed by atoms with Gasteiger partial charge in [0.25, 0.3) is 0 Å². The largest absolute Gasteiger partial charge is 0.494 e. The second kappa shape index (κ2) is 10.7. The molecule has 0 amide bonds. The van der Waals surface area contributed by atoms with Crippen molar-refractivity contribution in [2.45, 2.75) is 20.0 Å². The highest BCUT2D eigenvalue weighted by Gasteiger charge is 2.18. The van der Waals surface area contributed by atoms with Crippen LogP contribution >= 0.6 is 0 Å². The SMILES string of the molecule is CCOc1ccccc1CNC(=NC)NCc1cccnc1N1CCN(C)CC1. The van der Waals surface area contributed by atoms with Crippen LogP contribution in [0, 0.1) is 0 Å². The number of aliphatic imine (C=N–C) groups is 1. The number of hydrogen-bond donors (Lipinski definition) is 2. The van der Waals surface area contributed by atoms with E-state index < -0.39 is 0 Å². The average molecular weight is 397 g/mol. The van der Waals surface area contributed by atoms with Crippen molar-refractivity contribution in [3.05, 3.63) is 53.7 Å². The summed E-state index contributed by atoms with van der Waals surface area (Å²) < 4.78 is 5.71. The molecule has 0 unspecified atom stereocenters. The van der Waals surface area contributed by atoms with Gasteiger partial charge in [0.15, 0.2) is 5.96 Å². The van der Waals surface area contributed by atoms with E-state index in [1.807, 2.05) is 37.4 Å². The average Bonchev–Trinajstić information content (AvgIpc) is 2.76. The summed E-state index contributed by atoms with van der Waals surface area (Å²) in [6, 6.07) is 12.2. The molecule has 0 radical (unpaired) electrons. The summed E-state index contributed by atoms with van der Waals surface area (Å²) >= 11 is 0. The van der Waals surface area contributed by atoms with Gasteiger partial charge in [0, 0.05) is 63.6 Å². The van der Waals surface area contributed by atoms with Gasteiger partial charge in [-0.25, -0.2) is 4.98 Å². The first-order valence-electron chi connectivity index (χ1n) is 10.2. The molecule has 29 heavy (non-hydrogen) atoms. The molecule has 1 aromatic carbocycles. The summed E-state index contributed by atoms with van der Waals surface area (Å²) in [5.41, 5.74) is 2.28. The number of nitrogens with zero attached hydrogens (tertiary/aromatic N) is 4. The van der Waals surface area contributed by atoms with E-state index in [4.69, 9.17) is 4.74 Å². The van der Waals surface area contributed by atoms with Gasteiger partial charge in [-0.15, -0.1) is 0 Å². The molecule has 2 N–H and O–H groups in total. The number of aromatic nitrogens is 1. The van der Waals surface area contributed by atoms with Crippen molar-refractivity contribution in [1.29, 1.82) is 0 Å². The van der Waals surface area contributed by atoms with Gasteiger partial charge in [-0.3, -0.25) is 4.99 Å². The molecular formula is C22H32N6O. The Hall–Kier alpha value is -2.80. The van der Waals surface area contributed by atoms with Crippen LogP contribution in [0.2, 0.25) is 0 Å². The molecule has 1 fully saturated rings. The maximum Gasteiger partial charge on any atom is 0.191 e. The highest BCUT2D eigenvalue weighted by molar-refractivity contribution is 5.79. The van der Waals surface area contributed by atoms with E-state index in [0.29, 0.717) is 19.7 Å². The number of piperazine rings is 1. The minimum atomic E-state index is 0.647. The van der Waals surface area contributed by atoms with Gasteiger partial charge in [0.05, 0.1) is 6.61 Å². The van der Waals surface area contributed by atoms with Gasteiger partial charge in [0.1, 0.15) is 11.6 Å². The van der Waals surface area contributed by atoms with Crippen LogP contribution in [0.1, 0.15) is 18.1 Å². The molecule has 0 spiro atoms. The van der Waals surface area contributed by atoms with Crippen LogP contribution in [-0.2, 0) is 13.1 Å². The van der Waals surface area contributed by atoms with Gasteiger partial charge in [-0.05, 0) is 26.1 Å². The molecule has 0 bridgehead atoms. The molecule has 0 atom stereocenters. The number of pyridine rings is 1. The number of likely N-dealkylation sites (N-methyl/N-ethyl adjacent to an activating group) is 1. The fourth-order valence-electron chi connectivity index (χ4n) is 3.40. The minimum Gasteiger partial charge on any atom is -0.494 e. The zero-order valence-electron chi connectivity index (χ0n) is 17.7. The highest BCUT2D eigenvalue weighted by Crippen LogP contribution is 2.19. The molecule has 156 valence electrons. The molecule has 1 aliphatic rings. The maximum absolute atomic E-state index is 5.71. The second-order valence-corrected chi connectivity index (χ2v) is 7.10. The number of para-hydroxylation sites is 1. The van der Waals surface area contributed by atoms with Crippen LogP contribution in [0.5, 0.6) is 5.75 Å². The first-order valence-corrected chi connectivity index (χ1v) is 10.2. The zero-order chi connectivity index (χ0) is 20.5. The third kappa shape index (κ3) is 5.84. The molecule has 3 rings (SSSR count). The Bertz CT molecular complexity index is 801. The number of hydrogen-bond acceptors (Lipinski definition) is 5. The fraction of sp³-hybridized carbons (Fsp3) is 0.455. The lowest BCUT2D eigenvalue weighted by atomic mass is 10.2. The van der Waals surface area contributed by atoms with Crippen LogP contribution < -0.4 is 20.3 Å². The normalized spacial score (nSPS) is 15.3. The molecule has 2 aromatic rings. The van der Waals surface area contributed by atoms with Gasteiger partial charge < -0.3 is 25.2 Å². The molecule has 2 heterocycles. The van der Waals surface area contributed by atoms with Gasteiger partial charge in [0.2, 0.25) is 0 Å². The van der Waals surface area contributed by atoms with Crippen LogP contribution in [0.25, 0.3) is 0 Å². The zero-order valence-corrected chi connectivity index (χ0v) is 17.7. The Morgan fingerprint density at radius 3 is 2.45 bits per heavy atom. The smallest absolute Gasteiger partial charge is 0.191 e. The van der Waals surface area contributed by atoms with Gasteiger partial charge in [-0.2, -0.15) is 0 Å². The Morgan fingerprint density at radius 1 is 1.03 bits per heavy atom. The van der Waals surface area contributed by atoms with E-state index in [1.165, 1.54) is 5.56 Å². The molecule has 7 nitrogen and oxygen atoms in total. The summed E-state index contributed by atoms with van der Waals surface area (Å²) in [7, 11) is 3.95. The predicted octanol–water partition coefficient (Wildman–Crippen LogP) is 2.10. The fourth-order valence-corrected chi connectivity index (χ4v) is 3.40. The molecule has 1 aliphatic heterocycles. The van der Waals surface area contributed by atoms with Crippen molar-refractivity contribution in [3.8, 4) is 5.75 Å². The maximum atomic E-state index is 5.71. The lowest BCUT2D eigenvalue weighted by Crippen LogP contribution is -2.45. The molecule has 1 saturated heterocycles. The van der Waals surface area contributed by atoms with E-state index in [1.54, 1.807) is 7.05 Å².